The molecule has 114 valence electrons. The number of aliphatic carboxylic acids is 1. The van der Waals surface area contributed by atoms with Crippen molar-refractivity contribution in [3.8, 4) is 0 Å². The molecule has 0 aromatic carbocycles. The van der Waals surface area contributed by atoms with Crippen LogP contribution < -0.4 is 5.32 Å². The van der Waals surface area contributed by atoms with E-state index in [1.54, 1.807) is 6.92 Å². The van der Waals surface area contributed by atoms with Crippen molar-refractivity contribution in [1.82, 2.24) is 15.1 Å². The lowest BCUT2D eigenvalue weighted by Gasteiger charge is -2.41. The Hall–Kier alpha value is -1.30. The van der Waals surface area contributed by atoms with Crippen molar-refractivity contribution in [3.05, 3.63) is 0 Å². The van der Waals surface area contributed by atoms with E-state index in [0.29, 0.717) is 25.4 Å². The molecule has 2 N–H and O–H groups in total. The monoisotopic (exact) mass is 283 g/mol. The Kier molecular flexibility index (Phi) is 4.52. The number of carbonyl (C=O) groups excluding carboxylic acids is 1. The van der Waals surface area contributed by atoms with E-state index in [9.17, 15) is 14.7 Å². The molecular formula is C14H25N3O3. The maximum absolute atomic E-state index is 12.3. The Labute approximate surface area is 120 Å². The van der Waals surface area contributed by atoms with Crippen LogP contribution >= 0.6 is 0 Å². The zero-order valence-electron chi connectivity index (χ0n) is 12.4. The summed E-state index contributed by atoms with van der Waals surface area (Å²) < 4.78 is 0. The van der Waals surface area contributed by atoms with Gasteiger partial charge < -0.3 is 20.2 Å². The van der Waals surface area contributed by atoms with E-state index >= 15 is 0 Å². The van der Waals surface area contributed by atoms with Gasteiger partial charge in [0.15, 0.2) is 0 Å². The maximum Gasteiger partial charge on any atom is 0.329 e. The van der Waals surface area contributed by atoms with E-state index in [-0.39, 0.29) is 6.03 Å². The van der Waals surface area contributed by atoms with Crippen LogP contribution in [0.15, 0.2) is 0 Å². The Morgan fingerprint density at radius 3 is 2.70 bits per heavy atom. The van der Waals surface area contributed by atoms with Crippen LogP contribution in [0.25, 0.3) is 0 Å². The summed E-state index contributed by atoms with van der Waals surface area (Å²) in [5, 5.41) is 12.3. The molecule has 20 heavy (non-hydrogen) atoms. The first-order valence-electron chi connectivity index (χ1n) is 7.41. The standard InChI is InChI=1S/C14H25N3O3/c1-14(12(18)19)6-3-4-7-17(14)13(20)15-9-11-5-8-16(2)10-11/h11H,3-10H2,1-2H3,(H,15,20)(H,18,19). The van der Waals surface area contributed by atoms with Gasteiger partial charge in [0.05, 0.1) is 0 Å². The topological polar surface area (TPSA) is 72.9 Å². The van der Waals surface area contributed by atoms with Gasteiger partial charge in [-0.05, 0) is 52.1 Å². The van der Waals surface area contributed by atoms with Crippen LogP contribution in [0.1, 0.15) is 32.6 Å². The number of amides is 2. The highest BCUT2D eigenvalue weighted by Gasteiger charge is 2.44. The highest BCUT2D eigenvalue weighted by Crippen LogP contribution is 2.28. The molecule has 2 atom stereocenters. The minimum absolute atomic E-state index is 0.232. The normalized spacial score (nSPS) is 31.3. The average Bonchev–Trinajstić information content (AvgIpc) is 2.82. The first-order valence-corrected chi connectivity index (χ1v) is 7.41. The number of carboxylic acids is 1. The molecule has 0 radical (unpaired) electrons. The molecule has 2 rings (SSSR count). The Bertz CT molecular complexity index is 388. The van der Waals surface area contributed by atoms with Crippen LogP contribution in [0.5, 0.6) is 0 Å². The Morgan fingerprint density at radius 1 is 1.35 bits per heavy atom. The second-order valence-electron chi connectivity index (χ2n) is 6.29. The lowest BCUT2D eigenvalue weighted by Crippen LogP contribution is -2.60. The minimum Gasteiger partial charge on any atom is -0.480 e. The van der Waals surface area contributed by atoms with E-state index in [4.69, 9.17) is 0 Å². The predicted octanol–water partition coefficient (Wildman–Crippen LogP) is 0.977. The number of rotatable bonds is 3. The van der Waals surface area contributed by atoms with Gasteiger partial charge in [-0.25, -0.2) is 9.59 Å². The summed E-state index contributed by atoms with van der Waals surface area (Å²) in [4.78, 5) is 27.5. The number of piperidine rings is 1. The van der Waals surface area contributed by atoms with E-state index in [0.717, 1.165) is 32.4 Å². The van der Waals surface area contributed by atoms with Crippen molar-refractivity contribution in [3.63, 3.8) is 0 Å². The van der Waals surface area contributed by atoms with E-state index in [2.05, 4.69) is 17.3 Å². The highest BCUT2D eigenvalue weighted by molar-refractivity contribution is 5.86. The van der Waals surface area contributed by atoms with E-state index < -0.39 is 11.5 Å². The Morgan fingerprint density at radius 2 is 2.10 bits per heavy atom. The molecular weight excluding hydrogens is 258 g/mol. The van der Waals surface area contributed by atoms with Gasteiger partial charge in [-0.1, -0.05) is 0 Å². The van der Waals surface area contributed by atoms with Crippen molar-refractivity contribution in [2.24, 2.45) is 5.92 Å². The number of nitrogens with zero attached hydrogens (tertiary/aromatic N) is 2. The number of carboxylic acid groups (broad SMARTS) is 1. The number of hydrogen-bond acceptors (Lipinski definition) is 3. The summed E-state index contributed by atoms with van der Waals surface area (Å²) in [6.07, 6.45) is 3.36. The van der Waals surface area contributed by atoms with Crippen molar-refractivity contribution in [1.29, 1.82) is 0 Å². The summed E-state index contributed by atoms with van der Waals surface area (Å²) in [5.41, 5.74) is -1.06. The van der Waals surface area contributed by atoms with Crippen LogP contribution in [0.2, 0.25) is 0 Å². The molecule has 6 nitrogen and oxygen atoms in total. The highest BCUT2D eigenvalue weighted by atomic mass is 16.4. The summed E-state index contributed by atoms with van der Waals surface area (Å²) in [6, 6.07) is -0.232. The van der Waals surface area contributed by atoms with Crippen LogP contribution in [0.3, 0.4) is 0 Å². The fraction of sp³-hybridized carbons (Fsp3) is 0.857. The molecule has 0 bridgehead atoms. The lowest BCUT2D eigenvalue weighted by molar-refractivity contribution is -0.150. The largest absolute Gasteiger partial charge is 0.480 e. The molecule has 0 aliphatic carbocycles. The SMILES string of the molecule is CN1CCC(CNC(=O)N2CCCCC2(C)C(=O)O)C1. The molecule has 2 saturated heterocycles. The van der Waals surface area contributed by atoms with Gasteiger partial charge in [-0.3, -0.25) is 0 Å². The molecule has 2 fully saturated rings. The number of urea groups is 1. The summed E-state index contributed by atoms with van der Waals surface area (Å²) in [6.45, 7) is 4.87. The smallest absolute Gasteiger partial charge is 0.329 e. The van der Waals surface area contributed by atoms with Crippen LogP contribution in [-0.4, -0.2) is 65.7 Å². The van der Waals surface area contributed by atoms with Gasteiger partial charge in [0, 0.05) is 19.6 Å². The summed E-state index contributed by atoms with van der Waals surface area (Å²) in [5.74, 6) is -0.433. The molecule has 2 unspecified atom stereocenters. The number of carbonyl (C=O) groups is 2. The van der Waals surface area contributed by atoms with E-state index in [1.807, 2.05) is 0 Å². The van der Waals surface area contributed by atoms with E-state index in [1.165, 1.54) is 4.90 Å². The minimum atomic E-state index is -1.06. The lowest BCUT2D eigenvalue weighted by atomic mass is 9.89. The average molecular weight is 283 g/mol. The van der Waals surface area contributed by atoms with Crippen LogP contribution in [0.4, 0.5) is 4.79 Å². The van der Waals surface area contributed by atoms with Gasteiger partial charge in [-0.2, -0.15) is 0 Å². The van der Waals surface area contributed by atoms with Gasteiger partial charge in [0.25, 0.3) is 0 Å². The third kappa shape index (κ3) is 3.06. The van der Waals surface area contributed by atoms with Gasteiger partial charge in [0.1, 0.15) is 5.54 Å². The second kappa shape index (κ2) is 5.99. The first-order chi connectivity index (χ1) is 9.43. The van der Waals surface area contributed by atoms with Crippen molar-refractivity contribution >= 4 is 12.0 Å². The first kappa shape index (κ1) is 15.1. The second-order valence-corrected chi connectivity index (χ2v) is 6.29. The zero-order chi connectivity index (χ0) is 14.8. The number of nitrogens with one attached hydrogen (secondary N) is 1. The third-order valence-corrected chi connectivity index (χ3v) is 4.63. The molecule has 6 heteroatoms. The molecule has 2 aliphatic rings. The maximum atomic E-state index is 12.3. The predicted molar refractivity (Wildman–Crippen MR) is 75.6 cm³/mol. The third-order valence-electron chi connectivity index (χ3n) is 4.63. The zero-order valence-corrected chi connectivity index (χ0v) is 12.4. The fourth-order valence-electron chi connectivity index (χ4n) is 3.19. The summed E-state index contributed by atoms with van der Waals surface area (Å²) in [7, 11) is 2.08. The van der Waals surface area contributed by atoms with Crippen LogP contribution in [0, 0.1) is 5.92 Å². The van der Waals surface area contributed by atoms with Crippen molar-refractivity contribution in [2.75, 3.05) is 33.2 Å². The van der Waals surface area contributed by atoms with Gasteiger partial charge in [-0.15, -0.1) is 0 Å². The molecule has 0 saturated carbocycles. The van der Waals surface area contributed by atoms with Crippen molar-refractivity contribution in [2.45, 2.75) is 38.1 Å². The Balaban J connectivity index is 1.91. The van der Waals surface area contributed by atoms with Crippen LogP contribution in [-0.2, 0) is 4.79 Å². The molecule has 2 aliphatic heterocycles. The number of hydrogen-bond donors (Lipinski definition) is 2. The quantitative estimate of drug-likeness (QED) is 0.810. The molecule has 0 spiro atoms. The van der Waals surface area contributed by atoms with Crippen molar-refractivity contribution < 1.29 is 14.7 Å². The number of likely N-dealkylation sites (tertiary alicyclic amines) is 2. The van der Waals surface area contributed by atoms with Gasteiger partial charge in [0.2, 0.25) is 0 Å². The summed E-state index contributed by atoms with van der Waals surface area (Å²) >= 11 is 0. The van der Waals surface area contributed by atoms with Gasteiger partial charge >= 0.3 is 12.0 Å². The molecule has 0 aromatic heterocycles. The molecule has 2 amide bonds. The molecule has 0 aromatic rings. The molecule has 2 heterocycles. The fourth-order valence-corrected chi connectivity index (χ4v) is 3.19.